The quantitative estimate of drug-likeness (QED) is 0.139. The summed E-state index contributed by atoms with van der Waals surface area (Å²) >= 11 is 0. The Morgan fingerprint density at radius 2 is 1.28 bits per heavy atom. The third kappa shape index (κ3) is 5.95. The highest BCUT2D eigenvalue weighted by molar-refractivity contribution is 5.84. The van der Waals surface area contributed by atoms with Crippen LogP contribution in [0.2, 0.25) is 0 Å². The lowest BCUT2D eigenvalue weighted by molar-refractivity contribution is 0.110. The first-order valence-electron chi connectivity index (χ1n) is 14.5. The van der Waals surface area contributed by atoms with Crippen molar-refractivity contribution < 1.29 is 14.2 Å². The number of hydrogen-bond donors (Lipinski definition) is 0. The van der Waals surface area contributed by atoms with Crippen molar-refractivity contribution in [2.75, 3.05) is 26.4 Å². The Morgan fingerprint density at radius 3 is 1.87 bits per heavy atom. The summed E-state index contributed by atoms with van der Waals surface area (Å²) in [5.41, 5.74) is 12.0. The molecular weight excluding hydrogens is 480 g/mol. The average Bonchev–Trinajstić information content (AvgIpc) is 3.77. The summed E-state index contributed by atoms with van der Waals surface area (Å²) in [5, 5.41) is 0. The van der Waals surface area contributed by atoms with E-state index >= 15 is 0 Å². The van der Waals surface area contributed by atoms with Crippen LogP contribution < -0.4 is 4.74 Å². The van der Waals surface area contributed by atoms with Crippen molar-refractivity contribution in [1.82, 2.24) is 0 Å². The molecule has 1 fully saturated rings. The van der Waals surface area contributed by atoms with Crippen LogP contribution >= 0.6 is 0 Å². The normalized spacial score (nSPS) is 17.1. The zero-order chi connectivity index (χ0) is 26.6. The summed E-state index contributed by atoms with van der Waals surface area (Å²) < 4.78 is 16.7. The highest BCUT2D eigenvalue weighted by Gasteiger charge is 2.26. The summed E-state index contributed by atoms with van der Waals surface area (Å²) in [6.07, 6.45) is 4.66. The third-order valence-corrected chi connectivity index (χ3v) is 8.00. The lowest BCUT2D eigenvalue weighted by Crippen LogP contribution is -2.04. The number of unbranched alkanes of at least 4 members (excludes halogenated alkanes) is 1. The van der Waals surface area contributed by atoms with E-state index in [0.717, 1.165) is 44.8 Å². The number of fused-ring (bicyclic) bond motifs is 3. The van der Waals surface area contributed by atoms with Crippen molar-refractivity contribution in [2.24, 2.45) is 0 Å². The molecule has 0 saturated carbocycles. The second-order valence-corrected chi connectivity index (χ2v) is 10.9. The van der Waals surface area contributed by atoms with Crippen molar-refractivity contribution >= 4 is 0 Å². The van der Waals surface area contributed by atoms with Gasteiger partial charge in [0.05, 0.1) is 19.8 Å². The zero-order valence-electron chi connectivity index (χ0n) is 23.1. The van der Waals surface area contributed by atoms with Crippen LogP contribution in [0.1, 0.15) is 55.7 Å². The maximum absolute atomic E-state index is 5.96. The molecule has 0 spiro atoms. The van der Waals surface area contributed by atoms with E-state index in [1.807, 2.05) is 0 Å². The minimum absolute atomic E-state index is 0.343. The molecule has 2 atom stereocenters. The molecular formula is C36H38O3. The Morgan fingerprint density at radius 1 is 0.718 bits per heavy atom. The van der Waals surface area contributed by atoms with Crippen LogP contribution in [0.3, 0.4) is 0 Å². The van der Waals surface area contributed by atoms with Gasteiger partial charge in [0.15, 0.2) is 0 Å². The van der Waals surface area contributed by atoms with E-state index in [9.17, 15) is 0 Å². The molecule has 0 radical (unpaired) electrons. The molecule has 1 aliphatic heterocycles. The lowest BCUT2D eigenvalue weighted by atomic mass is 9.94. The Hall–Kier alpha value is -3.40. The van der Waals surface area contributed by atoms with Gasteiger partial charge in [-0.2, -0.15) is 0 Å². The van der Waals surface area contributed by atoms with Gasteiger partial charge < -0.3 is 14.2 Å². The predicted molar refractivity (Wildman–Crippen MR) is 160 cm³/mol. The topological polar surface area (TPSA) is 31.0 Å². The Kier molecular flexibility index (Phi) is 7.81. The van der Waals surface area contributed by atoms with E-state index in [0.29, 0.717) is 18.6 Å². The molecule has 1 aliphatic carbocycles. The van der Waals surface area contributed by atoms with E-state index < -0.39 is 0 Å². The van der Waals surface area contributed by atoms with Crippen molar-refractivity contribution in [3.05, 3.63) is 102 Å². The molecule has 6 rings (SSSR count). The first kappa shape index (κ1) is 25.9. The number of ether oxygens (including phenoxy) is 3. The van der Waals surface area contributed by atoms with Crippen LogP contribution in [0.25, 0.3) is 33.4 Å². The molecule has 3 heteroatoms. The van der Waals surface area contributed by atoms with Gasteiger partial charge in [0.25, 0.3) is 0 Å². The molecule has 2 unspecified atom stereocenters. The molecule has 4 aromatic carbocycles. The van der Waals surface area contributed by atoms with Gasteiger partial charge in [-0.25, -0.2) is 0 Å². The van der Waals surface area contributed by atoms with Gasteiger partial charge in [-0.15, -0.1) is 0 Å². The third-order valence-electron chi connectivity index (χ3n) is 8.00. The van der Waals surface area contributed by atoms with Crippen LogP contribution in [0.5, 0.6) is 5.75 Å². The van der Waals surface area contributed by atoms with Crippen molar-refractivity contribution in [2.45, 2.75) is 51.6 Å². The van der Waals surface area contributed by atoms with Crippen LogP contribution in [0.4, 0.5) is 0 Å². The maximum atomic E-state index is 5.96. The summed E-state index contributed by atoms with van der Waals surface area (Å²) in [4.78, 5) is 0. The molecule has 3 nitrogen and oxygen atoms in total. The Balaban J connectivity index is 1.09. The lowest BCUT2D eigenvalue weighted by Gasteiger charge is -2.11. The first-order valence-corrected chi connectivity index (χ1v) is 14.5. The molecule has 1 heterocycles. The van der Waals surface area contributed by atoms with Crippen molar-refractivity contribution in [3.8, 4) is 39.1 Å². The second kappa shape index (κ2) is 11.8. The molecule has 4 aromatic rings. The molecule has 1 saturated heterocycles. The van der Waals surface area contributed by atoms with Crippen molar-refractivity contribution in [1.29, 1.82) is 0 Å². The van der Waals surface area contributed by atoms with Gasteiger partial charge in [-0.3, -0.25) is 0 Å². The summed E-state index contributed by atoms with van der Waals surface area (Å²) in [5.74, 6) is 1.29. The van der Waals surface area contributed by atoms with Gasteiger partial charge in [-0.1, -0.05) is 80.9 Å². The van der Waals surface area contributed by atoms with Gasteiger partial charge >= 0.3 is 0 Å². The van der Waals surface area contributed by atoms with Crippen LogP contribution in [-0.4, -0.2) is 32.5 Å². The number of epoxide rings is 1. The minimum Gasteiger partial charge on any atom is -0.494 e. The van der Waals surface area contributed by atoms with E-state index in [2.05, 4.69) is 98.8 Å². The molecule has 200 valence electrons. The molecule has 0 amide bonds. The molecule has 0 aromatic heterocycles. The van der Waals surface area contributed by atoms with E-state index in [-0.39, 0.29) is 0 Å². The van der Waals surface area contributed by atoms with Crippen LogP contribution in [-0.2, 0) is 15.9 Å². The summed E-state index contributed by atoms with van der Waals surface area (Å²) in [6.45, 7) is 7.63. The molecule has 39 heavy (non-hydrogen) atoms. The summed E-state index contributed by atoms with van der Waals surface area (Å²) in [6, 6.07) is 31.5. The van der Waals surface area contributed by atoms with Gasteiger partial charge in [0.2, 0.25) is 0 Å². The van der Waals surface area contributed by atoms with Gasteiger partial charge in [-0.05, 0) is 93.6 Å². The van der Waals surface area contributed by atoms with E-state index in [1.165, 1.54) is 56.5 Å². The predicted octanol–water partition coefficient (Wildman–Crippen LogP) is 8.68. The fourth-order valence-electron chi connectivity index (χ4n) is 5.63. The number of benzene rings is 4. The average molecular weight is 519 g/mol. The number of aryl methyl sites for hydroxylation is 1. The Bertz CT molecular complexity index is 1400. The Labute approximate surface area is 232 Å². The highest BCUT2D eigenvalue weighted by atomic mass is 16.6. The largest absolute Gasteiger partial charge is 0.494 e. The number of hydrogen-bond acceptors (Lipinski definition) is 3. The SMILES string of the molecule is CCCc1ccc(-c2ccc3c(c2)C(C)c2cc(-c4ccc(OCCCCOCC5CO5)cc4)ccc2-3)cc1. The van der Waals surface area contributed by atoms with Crippen LogP contribution in [0.15, 0.2) is 84.9 Å². The maximum Gasteiger partial charge on any atom is 0.119 e. The summed E-state index contributed by atoms with van der Waals surface area (Å²) in [7, 11) is 0. The van der Waals surface area contributed by atoms with Gasteiger partial charge in [0.1, 0.15) is 11.9 Å². The molecule has 0 bridgehead atoms. The number of rotatable bonds is 12. The molecule has 2 aliphatic rings. The highest BCUT2D eigenvalue weighted by Crippen LogP contribution is 2.47. The molecule has 0 N–H and O–H groups in total. The van der Waals surface area contributed by atoms with Crippen molar-refractivity contribution in [3.63, 3.8) is 0 Å². The standard InChI is InChI=1S/C36H38O3/c1-3-6-26-7-9-27(10-8-26)29-13-17-33-34-18-14-30(22-36(34)25(2)35(33)21-29)28-11-15-31(16-12-28)38-20-5-4-19-37-23-32-24-39-32/h7-18,21-22,25,32H,3-6,19-20,23-24H2,1-2H3. The second-order valence-electron chi connectivity index (χ2n) is 10.9. The fourth-order valence-corrected chi connectivity index (χ4v) is 5.63. The van der Waals surface area contributed by atoms with Crippen LogP contribution in [0, 0.1) is 0 Å². The monoisotopic (exact) mass is 518 g/mol. The fraction of sp³-hybridized carbons (Fsp3) is 0.333. The smallest absolute Gasteiger partial charge is 0.119 e. The van der Waals surface area contributed by atoms with E-state index in [1.54, 1.807) is 0 Å². The van der Waals surface area contributed by atoms with E-state index in [4.69, 9.17) is 14.2 Å². The van der Waals surface area contributed by atoms with Gasteiger partial charge in [0, 0.05) is 12.5 Å². The minimum atomic E-state index is 0.343. The first-order chi connectivity index (χ1) is 19.2. The zero-order valence-corrected chi connectivity index (χ0v) is 23.1.